The second-order valence-corrected chi connectivity index (χ2v) is 8.71. The molecular formula is C23H26N2O3S. The predicted molar refractivity (Wildman–Crippen MR) is 118 cm³/mol. The number of nitrogens with one attached hydrogen (secondary N) is 1. The first kappa shape index (κ1) is 20.9. The molecule has 0 atom stereocenters. The van der Waals surface area contributed by atoms with Gasteiger partial charge in [0, 0.05) is 10.9 Å². The molecule has 1 aromatic heterocycles. The average Bonchev–Trinajstić information content (AvgIpc) is 3.14. The van der Waals surface area contributed by atoms with Crippen molar-refractivity contribution in [2.24, 2.45) is 0 Å². The van der Waals surface area contributed by atoms with Crippen molar-refractivity contribution in [2.45, 2.75) is 33.1 Å². The van der Waals surface area contributed by atoms with Crippen molar-refractivity contribution in [3.05, 3.63) is 59.0 Å². The summed E-state index contributed by atoms with van der Waals surface area (Å²) in [5, 5.41) is 5.27. The minimum Gasteiger partial charge on any atom is -0.497 e. The Morgan fingerprint density at radius 2 is 1.86 bits per heavy atom. The number of amides is 1. The van der Waals surface area contributed by atoms with Gasteiger partial charge in [-0.15, -0.1) is 11.3 Å². The van der Waals surface area contributed by atoms with Gasteiger partial charge in [0.2, 0.25) is 0 Å². The minimum atomic E-state index is -0.235. The fourth-order valence-corrected chi connectivity index (χ4v) is 3.62. The average molecular weight is 411 g/mol. The van der Waals surface area contributed by atoms with E-state index in [0.29, 0.717) is 5.13 Å². The first-order chi connectivity index (χ1) is 13.8. The quantitative estimate of drug-likeness (QED) is 0.588. The number of ether oxygens (including phenoxy) is 2. The summed E-state index contributed by atoms with van der Waals surface area (Å²) < 4.78 is 11.0. The highest BCUT2D eigenvalue weighted by molar-refractivity contribution is 7.14. The molecule has 0 saturated carbocycles. The maximum atomic E-state index is 12.4. The first-order valence-electron chi connectivity index (χ1n) is 9.40. The molecule has 5 nitrogen and oxygen atoms in total. The first-order valence-corrected chi connectivity index (χ1v) is 10.3. The topological polar surface area (TPSA) is 60.5 Å². The van der Waals surface area contributed by atoms with Crippen LogP contribution in [0.5, 0.6) is 11.5 Å². The van der Waals surface area contributed by atoms with E-state index >= 15 is 0 Å². The highest BCUT2D eigenvalue weighted by Gasteiger charge is 2.20. The summed E-state index contributed by atoms with van der Waals surface area (Å²) in [6, 6.07) is 13.7. The zero-order valence-electron chi connectivity index (χ0n) is 17.4. The zero-order valence-corrected chi connectivity index (χ0v) is 18.2. The molecule has 1 N–H and O–H groups in total. The lowest BCUT2D eigenvalue weighted by Gasteiger charge is -2.23. The molecule has 0 aliphatic heterocycles. The third kappa shape index (κ3) is 5.35. The summed E-state index contributed by atoms with van der Waals surface area (Å²) in [5.74, 6) is 1.29. The lowest BCUT2D eigenvalue weighted by Crippen LogP contribution is -2.22. The molecule has 0 bridgehead atoms. The van der Waals surface area contributed by atoms with Gasteiger partial charge in [-0.1, -0.05) is 38.5 Å². The molecule has 0 radical (unpaired) electrons. The van der Waals surface area contributed by atoms with Crippen LogP contribution >= 0.6 is 11.3 Å². The van der Waals surface area contributed by atoms with E-state index in [0.717, 1.165) is 28.3 Å². The van der Waals surface area contributed by atoms with Gasteiger partial charge in [-0.2, -0.15) is 0 Å². The van der Waals surface area contributed by atoms with Gasteiger partial charge in [-0.05, 0) is 48.2 Å². The molecule has 1 heterocycles. The van der Waals surface area contributed by atoms with Gasteiger partial charge < -0.3 is 9.47 Å². The van der Waals surface area contributed by atoms with E-state index in [1.807, 2.05) is 41.8 Å². The van der Waals surface area contributed by atoms with E-state index in [-0.39, 0.29) is 17.9 Å². The van der Waals surface area contributed by atoms with Crippen LogP contribution in [0, 0.1) is 6.92 Å². The number of aryl methyl sites for hydroxylation is 1. The summed E-state index contributed by atoms with van der Waals surface area (Å²) in [4.78, 5) is 16.8. The summed E-state index contributed by atoms with van der Waals surface area (Å²) in [7, 11) is 1.63. The van der Waals surface area contributed by atoms with Crippen molar-refractivity contribution < 1.29 is 14.3 Å². The van der Waals surface area contributed by atoms with Crippen LogP contribution < -0.4 is 14.8 Å². The van der Waals surface area contributed by atoms with Gasteiger partial charge in [-0.25, -0.2) is 4.98 Å². The number of rotatable bonds is 6. The van der Waals surface area contributed by atoms with Crippen LogP contribution in [0.2, 0.25) is 0 Å². The third-order valence-corrected chi connectivity index (χ3v) is 5.20. The summed E-state index contributed by atoms with van der Waals surface area (Å²) >= 11 is 1.38. The van der Waals surface area contributed by atoms with Crippen LogP contribution in [-0.4, -0.2) is 24.6 Å². The molecule has 3 aromatic rings. The Kier molecular flexibility index (Phi) is 6.23. The Morgan fingerprint density at radius 3 is 2.52 bits per heavy atom. The molecule has 29 heavy (non-hydrogen) atoms. The van der Waals surface area contributed by atoms with E-state index in [1.54, 1.807) is 7.11 Å². The van der Waals surface area contributed by atoms with Crippen LogP contribution in [0.3, 0.4) is 0 Å². The highest BCUT2D eigenvalue weighted by Crippen LogP contribution is 2.32. The number of anilines is 1. The Hall–Kier alpha value is -2.86. The summed E-state index contributed by atoms with van der Waals surface area (Å²) in [6.07, 6.45) is 0. The zero-order chi connectivity index (χ0) is 21.0. The van der Waals surface area contributed by atoms with Crippen molar-refractivity contribution in [2.75, 3.05) is 19.0 Å². The molecule has 3 rings (SSSR count). The summed E-state index contributed by atoms with van der Waals surface area (Å²) in [6.45, 7) is 8.37. The van der Waals surface area contributed by atoms with Gasteiger partial charge >= 0.3 is 0 Å². The van der Waals surface area contributed by atoms with Crippen LogP contribution in [-0.2, 0) is 10.2 Å². The standard InChI is InChI=1S/C23H26N2O3S/c1-15-6-11-20(18(12-15)23(2,3)4)28-13-21(26)25-22-24-19(14-29-22)16-7-9-17(27-5)10-8-16/h6-12,14H,13H2,1-5H3,(H,24,25,26). The van der Waals surface area contributed by atoms with Gasteiger partial charge in [0.1, 0.15) is 11.5 Å². The predicted octanol–water partition coefficient (Wildman–Crippen LogP) is 5.44. The molecule has 2 aromatic carbocycles. The second-order valence-electron chi connectivity index (χ2n) is 7.85. The number of carbonyl (C=O) groups excluding carboxylic acids is 1. The molecule has 0 spiro atoms. The van der Waals surface area contributed by atoms with E-state index in [2.05, 4.69) is 44.1 Å². The fraction of sp³-hybridized carbons (Fsp3) is 0.304. The van der Waals surface area contributed by atoms with Crippen LogP contribution in [0.4, 0.5) is 5.13 Å². The Labute approximate surface area is 175 Å². The van der Waals surface area contributed by atoms with Gasteiger partial charge in [0.15, 0.2) is 11.7 Å². The van der Waals surface area contributed by atoms with Crippen molar-refractivity contribution in [3.8, 4) is 22.8 Å². The summed E-state index contributed by atoms with van der Waals surface area (Å²) in [5.41, 5.74) is 3.96. The van der Waals surface area contributed by atoms with Crippen molar-refractivity contribution in [1.82, 2.24) is 4.98 Å². The number of hydrogen-bond acceptors (Lipinski definition) is 5. The maximum absolute atomic E-state index is 12.4. The number of benzene rings is 2. The molecule has 0 aliphatic carbocycles. The van der Waals surface area contributed by atoms with Crippen molar-refractivity contribution in [1.29, 1.82) is 0 Å². The highest BCUT2D eigenvalue weighted by atomic mass is 32.1. The van der Waals surface area contributed by atoms with E-state index < -0.39 is 0 Å². The molecule has 152 valence electrons. The van der Waals surface area contributed by atoms with Gasteiger partial charge in [0.05, 0.1) is 12.8 Å². The van der Waals surface area contributed by atoms with Crippen LogP contribution in [0.25, 0.3) is 11.3 Å². The van der Waals surface area contributed by atoms with E-state index in [4.69, 9.17) is 9.47 Å². The third-order valence-electron chi connectivity index (χ3n) is 4.44. The second kappa shape index (κ2) is 8.66. The molecule has 0 fully saturated rings. The number of thiazole rings is 1. The fourth-order valence-electron chi connectivity index (χ4n) is 2.88. The van der Waals surface area contributed by atoms with Gasteiger partial charge in [0.25, 0.3) is 5.91 Å². The van der Waals surface area contributed by atoms with E-state index in [9.17, 15) is 4.79 Å². The smallest absolute Gasteiger partial charge is 0.264 e. The lowest BCUT2D eigenvalue weighted by molar-refractivity contribution is -0.118. The minimum absolute atomic E-state index is 0.0659. The maximum Gasteiger partial charge on any atom is 0.264 e. The largest absolute Gasteiger partial charge is 0.497 e. The number of aromatic nitrogens is 1. The van der Waals surface area contributed by atoms with Gasteiger partial charge in [-0.3, -0.25) is 10.1 Å². The Morgan fingerprint density at radius 1 is 1.14 bits per heavy atom. The Bertz CT molecular complexity index is 988. The van der Waals surface area contributed by atoms with Crippen molar-refractivity contribution in [3.63, 3.8) is 0 Å². The van der Waals surface area contributed by atoms with Crippen LogP contribution in [0.15, 0.2) is 47.8 Å². The number of methoxy groups -OCH3 is 1. The molecular weight excluding hydrogens is 384 g/mol. The molecule has 0 aliphatic rings. The normalized spacial score (nSPS) is 11.2. The monoisotopic (exact) mass is 410 g/mol. The molecule has 1 amide bonds. The number of nitrogens with zero attached hydrogens (tertiary/aromatic N) is 1. The molecule has 0 unspecified atom stereocenters. The number of hydrogen-bond donors (Lipinski definition) is 1. The van der Waals surface area contributed by atoms with Crippen LogP contribution in [0.1, 0.15) is 31.9 Å². The SMILES string of the molecule is COc1ccc(-c2csc(NC(=O)COc3ccc(C)cc3C(C)(C)C)n2)cc1. The molecule has 6 heteroatoms. The Balaban J connectivity index is 1.63. The lowest BCUT2D eigenvalue weighted by atomic mass is 9.85. The van der Waals surface area contributed by atoms with Crippen molar-refractivity contribution >= 4 is 22.4 Å². The number of carbonyl (C=O) groups is 1. The van der Waals surface area contributed by atoms with E-state index in [1.165, 1.54) is 16.9 Å². The molecule has 0 saturated heterocycles.